The van der Waals surface area contributed by atoms with Crippen LogP contribution in [-0.2, 0) is 11.2 Å². The van der Waals surface area contributed by atoms with Gasteiger partial charge in [-0.2, -0.15) is 5.10 Å². The molecule has 0 atom stereocenters. The van der Waals surface area contributed by atoms with Crippen molar-refractivity contribution in [3.63, 3.8) is 0 Å². The molecule has 1 aromatic carbocycles. The zero-order valence-corrected chi connectivity index (χ0v) is 16.4. The van der Waals surface area contributed by atoms with Crippen molar-refractivity contribution < 1.29 is 13.5 Å². The number of nitrogens with zero attached hydrogens (tertiary/aromatic N) is 4. The number of pyridine rings is 1. The van der Waals surface area contributed by atoms with E-state index >= 15 is 0 Å². The summed E-state index contributed by atoms with van der Waals surface area (Å²) in [5.74, 6) is -0.489. The van der Waals surface area contributed by atoms with Crippen LogP contribution in [0.2, 0.25) is 0 Å². The maximum Gasteiger partial charge on any atom is 0.144 e. The van der Waals surface area contributed by atoms with Crippen LogP contribution in [0, 0.1) is 11.6 Å². The van der Waals surface area contributed by atoms with E-state index in [1.165, 1.54) is 18.2 Å². The second kappa shape index (κ2) is 7.49. The highest BCUT2D eigenvalue weighted by atomic mass is 19.1. The molecule has 7 nitrogen and oxygen atoms in total. The molecule has 0 spiro atoms. The molecule has 1 saturated heterocycles. The molecule has 2 aliphatic rings. The first-order chi connectivity index (χ1) is 14.7. The molecule has 0 radical (unpaired) electrons. The number of rotatable bonds is 3. The van der Waals surface area contributed by atoms with E-state index in [1.54, 1.807) is 6.20 Å². The average molecular weight is 410 g/mol. The number of amidine groups is 1. The van der Waals surface area contributed by atoms with E-state index in [-0.39, 0.29) is 11.4 Å². The molecule has 0 aliphatic carbocycles. The smallest absolute Gasteiger partial charge is 0.144 e. The van der Waals surface area contributed by atoms with E-state index < -0.39 is 11.6 Å². The number of anilines is 2. The van der Waals surface area contributed by atoms with Crippen LogP contribution in [-0.4, -0.2) is 47.3 Å². The summed E-state index contributed by atoms with van der Waals surface area (Å²) in [7, 11) is 0. The number of aryl methyl sites for hydroxylation is 1. The van der Waals surface area contributed by atoms with E-state index in [4.69, 9.17) is 4.74 Å². The lowest BCUT2D eigenvalue weighted by atomic mass is 10.1. The Balaban J connectivity index is 1.67. The summed E-state index contributed by atoms with van der Waals surface area (Å²) in [6.07, 6.45) is 2.29. The molecule has 1 fully saturated rings. The zero-order valence-electron chi connectivity index (χ0n) is 16.4. The van der Waals surface area contributed by atoms with Gasteiger partial charge in [0, 0.05) is 18.7 Å². The van der Waals surface area contributed by atoms with E-state index in [1.807, 2.05) is 13.0 Å². The summed E-state index contributed by atoms with van der Waals surface area (Å²) in [5, 5.41) is 10.5. The molecule has 154 valence electrons. The molecule has 9 heteroatoms. The van der Waals surface area contributed by atoms with Crippen molar-refractivity contribution in [2.45, 2.75) is 13.3 Å². The second-order valence-corrected chi connectivity index (χ2v) is 7.12. The number of nitrogens with one attached hydrogen (secondary N) is 2. The molecule has 2 aliphatic heterocycles. The summed E-state index contributed by atoms with van der Waals surface area (Å²) in [6, 6.07) is 5.70. The number of aliphatic imine (C=N–C) groups is 1. The Labute approximate surface area is 171 Å². The van der Waals surface area contributed by atoms with Crippen LogP contribution in [0.3, 0.4) is 0 Å². The Hall–Kier alpha value is -3.33. The molecule has 0 amide bonds. The fourth-order valence-corrected chi connectivity index (χ4v) is 3.75. The van der Waals surface area contributed by atoms with Crippen molar-refractivity contribution in [1.29, 1.82) is 0 Å². The molecular weight excluding hydrogens is 390 g/mol. The van der Waals surface area contributed by atoms with E-state index in [0.717, 1.165) is 30.2 Å². The van der Waals surface area contributed by atoms with Crippen molar-refractivity contribution in [1.82, 2.24) is 15.2 Å². The van der Waals surface area contributed by atoms with Crippen LogP contribution in [0.5, 0.6) is 0 Å². The second-order valence-electron chi connectivity index (χ2n) is 7.12. The average Bonchev–Trinajstić information content (AvgIpc) is 3.09. The van der Waals surface area contributed by atoms with Gasteiger partial charge >= 0.3 is 0 Å². The quantitative estimate of drug-likeness (QED) is 0.689. The Kier molecular flexibility index (Phi) is 4.66. The third kappa shape index (κ3) is 3.11. The number of fused-ring (bicyclic) bond motifs is 3. The normalized spacial score (nSPS) is 15.7. The molecule has 0 unspecified atom stereocenters. The maximum atomic E-state index is 14.5. The predicted molar refractivity (Wildman–Crippen MR) is 110 cm³/mol. The lowest BCUT2D eigenvalue weighted by molar-refractivity contribution is 0.122. The van der Waals surface area contributed by atoms with Gasteiger partial charge in [-0.15, -0.1) is 0 Å². The van der Waals surface area contributed by atoms with Gasteiger partial charge in [0.05, 0.1) is 42.0 Å². The van der Waals surface area contributed by atoms with Crippen molar-refractivity contribution in [2.24, 2.45) is 4.99 Å². The number of aromatic amines is 1. The topological polar surface area (TPSA) is 78.4 Å². The molecular formula is C21H20F2N6O. The fourth-order valence-electron chi connectivity index (χ4n) is 3.75. The van der Waals surface area contributed by atoms with Crippen molar-refractivity contribution >= 4 is 23.0 Å². The number of morpholine rings is 1. The van der Waals surface area contributed by atoms with Crippen LogP contribution >= 0.6 is 0 Å². The third-order valence-electron chi connectivity index (χ3n) is 5.32. The molecule has 4 heterocycles. The zero-order chi connectivity index (χ0) is 20.7. The number of H-pyrrole nitrogens is 1. The third-order valence-corrected chi connectivity index (χ3v) is 5.32. The monoisotopic (exact) mass is 410 g/mol. The Morgan fingerprint density at radius 1 is 1.17 bits per heavy atom. The molecule has 0 saturated carbocycles. The number of benzene rings is 1. The van der Waals surface area contributed by atoms with Crippen LogP contribution in [0.15, 0.2) is 35.5 Å². The van der Waals surface area contributed by atoms with E-state index in [2.05, 4.69) is 30.4 Å². The number of ether oxygens (including phenoxy) is 1. The Morgan fingerprint density at radius 3 is 2.67 bits per heavy atom. The number of hydrogen-bond acceptors (Lipinski definition) is 6. The van der Waals surface area contributed by atoms with Crippen LogP contribution in [0.25, 0.3) is 11.3 Å². The Bertz CT molecular complexity index is 1120. The van der Waals surface area contributed by atoms with Crippen LogP contribution in [0.1, 0.15) is 18.2 Å². The van der Waals surface area contributed by atoms with Crippen molar-refractivity contribution in [2.75, 3.05) is 36.5 Å². The molecule has 2 aromatic heterocycles. The van der Waals surface area contributed by atoms with Gasteiger partial charge < -0.3 is 15.0 Å². The van der Waals surface area contributed by atoms with Gasteiger partial charge in [0.25, 0.3) is 0 Å². The van der Waals surface area contributed by atoms with Crippen molar-refractivity contribution in [3.05, 3.63) is 53.4 Å². The predicted octanol–water partition coefficient (Wildman–Crippen LogP) is 3.65. The molecule has 2 N–H and O–H groups in total. The maximum absolute atomic E-state index is 14.5. The highest BCUT2D eigenvalue weighted by Gasteiger charge is 2.26. The lowest BCUT2D eigenvalue weighted by Gasteiger charge is -2.28. The van der Waals surface area contributed by atoms with Gasteiger partial charge in [-0.1, -0.05) is 13.0 Å². The minimum atomic E-state index is -0.689. The molecule has 3 aromatic rings. The summed E-state index contributed by atoms with van der Waals surface area (Å²) >= 11 is 0. The first-order valence-electron chi connectivity index (χ1n) is 9.86. The van der Waals surface area contributed by atoms with Crippen LogP contribution < -0.4 is 10.2 Å². The van der Waals surface area contributed by atoms with Gasteiger partial charge in [0.2, 0.25) is 0 Å². The minimum Gasteiger partial charge on any atom is -0.378 e. The van der Waals surface area contributed by atoms with E-state index in [9.17, 15) is 8.78 Å². The van der Waals surface area contributed by atoms with Gasteiger partial charge in [-0.3, -0.25) is 5.10 Å². The number of hydrogen-bond donors (Lipinski definition) is 2. The standard InChI is InChI=1S/C21H20F2N6O/c1-2-15-20-19(28-27-15)12-10-17(29-6-8-30-9-7-29)24-11-16(12)25-21(26-20)18-13(22)4-3-5-14(18)23/h3-5,10-11H,2,6-9H2,1H3,(H,25,26)(H,27,28). The van der Waals surface area contributed by atoms with E-state index in [0.29, 0.717) is 36.7 Å². The number of aromatic nitrogens is 3. The van der Waals surface area contributed by atoms with Gasteiger partial charge in [-0.05, 0) is 24.6 Å². The first kappa shape index (κ1) is 18.7. The first-order valence-corrected chi connectivity index (χ1v) is 9.86. The molecule has 0 bridgehead atoms. The van der Waals surface area contributed by atoms with Gasteiger partial charge in [0.15, 0.2) is 0 Å². The summed E-state index contributed by atoms with van der Waals surface area (Å²) in [4.78, 5) is 11.3. The summed E-state index contributed by atoms with van der Waals surface area (Å²) < 4.78 is 34.5. The summed E-state index contributed by atoms with van der Waals surface area (Å²) in [6.45, 7) is 4.74. The van der Waals surface area contributed by atoms with Gasteiger partial charge in [-0.25, -0.2) is 18.8 Å². The van der Waals surface area contributed by atoms with Gasteiger partial charge in [0.1, 0.15) is 29.0 Å². The fraction of sp³-hybridized carbons (Fsp3) is 0.286. The molecule has 5 rings (SSSR count). The minimum absolute atomic E-state index is 0.0858. The lowest BCUT2D eigenvalue weighted by Crippen LogP contribution is -2.36. The largest absolute Gasteiger partial charge is 0.378 e. The number of halogens is 2. The highest BCUT2D eigenvalue weighted by Crippen LogP contribution is 2.40. The van der Waals surface area contributed by atoms with Crippen LogP contribution in [0.4, 0.5) is 26.0 Å². The van der Waals surface area contributed by atoms with Crippen molar-refractivity contribution in [3.8, 4) is 11.3 Å². The summed E-state index contributed by atoms with van der Waals surface area (Å²) in [5.41, 5.74) is 3.16. The Morgan fingerprint density at radius 2 is 1.93 bits per heavy atom. The highest BCUT2D eigenvalue weighted by molar-refractivity contribution is 6.13. The SMILES string of the molecule is CCc1n[nH]c2c1N=C(c1c(F)cccc1F)Nc1cnc(N3CCOCC3)cc1-2. The molecule has 30 heavy (non-hydrogen) atoms.